The first kappa shape index (κ1) is 27.8. The van der Waals surface area contributed by atoms with Crippen molar-refractivity contribution in [2.75, 3.05) is 31.8 Å². The van der Waals surface area contributed by atoms with Gasteiger partial charge >= 0.3 is 0 Å². The first-order chi connectivity index (χ1) is 17.2. The summed E-state index contributed by atoms with van der Waals surface area (Å²) in [7, 11) is 4.79. The molecule has 0 bridgehead atoms. The SMILES string of the molecule is COc1cc(CI)cc(C(=O)Nc2ccc(CI)cc2)c1NC(=O)c1ccc(C(=N)N(C)C)cc1F. The van der Waals surface area contributed by atoms with Gasteiger partial charge in [-0.2, -0.15) is 0 Å². The zero-order valence-corrected chi connectivity index (χ0v) is 24.2. The molecule has 188 valence electrons. The van der Waals surface area contributed by atoms with Crippen molar-refractivity contribution in [2.24, 2.45) is 0 Å². The van der Waals surface area contributed by atoms with Crippen molar-refractivity contribution in [3.05, 3.63) is 88.2 Å². The first-order valence-corrected chi connectivity index (χ1v) is 13.8. The molecule has 36 heavy (non-hydrogen) atoms. The summed E-state index contributed by atoms with van der Waals surface area (Å²) in [5.74, 6) is -1.55. The van der Waals surface area contributed by atoms with Gasteiger partial charge in [-0.05, 0) is 47.5 Å². The minimum atomic E-state index is -0.777. The van der Waals surface area contributed by atoms with Gasteiger partial charge in [0.15, 0.2) is 0 Å². The summed E-state index contributed by atoms with van der Waals surface area (Å²) in [6, 6.07) is 14.8. The van der Waals surface area contributed by atoms with E-state index in [1.165, 1.54) is 24.1 Å². The number of anilines is 2. The van der Waals surface area contributed by atoms with Gasteiger partial charge in [0.1, 0.15) is 17.4 Å². The fourth-order valence-corrected chi connectivity index (χ4v) is 4.33. The predicted molar refractivity (Wildman–Crippen MR) is 158 cm³/mol. The Balaban J connectivity index is 1.96. The van der Waals surface area contributed by atoms with E-state index >= 15 is 0 Å². The summed E-state index contributed by atoms with van der Waals surface area (Å²) in [5.41, 5.74) is 3.02. The summed E-state index contributed by atoms with van der Waals surface area (Å²) < 4.78 is 21.8. The molecule has 3 rings (SSSR count). The fourth-order valence-electron chi connectivity index (χ4n) is 3.38. The summed E-state index contributed by atoms with van der Waals surface area (Å²) in [6.07, 6.45) is 0. The number of benzene rings is 3. The van der Waals surface area contributed by atoms with Gasteiger partial charge in [-0.3, -0.25) is 15.0 Å². The maximum absolute atomic E-state index is 14.8. The number of hydrogen-bond donors (Lipinski definition) is 3. The third-order valence-electron chi connectivity index (χ3n) is 5.32. The molecule has 10 heteroatoms. The highest BCUT2D eigenvalue weighted by atomic mass is 127. The van der Waals surface area contributed by atoms with Crippen molar-refractivity contribution in [1.29, 1.82) is 5.41 Å². The molecule has 2 amide bonds. The van der Waals surface area contributed by atoms with Gasteiger partial charge in [-0.25, -0.2) is 4.39 Å². The lowest BCUT2D eigenvalue weighted by Crippen LogP contribution is -2.23. The Morgan fingerprint density at radius 2 is 1.56 bits per heavy atom. The lowest BCUT2D eigenvalue weighted by Gasteiger charge is -2.17. The quantitative estimate of drug-likeness (QED) is 0.114. The molecule has 0 aliphatic carbocycles. The van der Waals surface area contributed by atoms with Gasteiger partial charge in [0.25, 0.3) is 11.8 Å². The number of amides is 2. The zero-order valence-electron chi connectivity index (χ0n) is 19.9. The monoisotopic (exact) mass is 714 g/mol. The standard InChI is InChI=1S/C26H25FI2N4O3/c1-33(2)24(30)17-6-9-19(21(27)12-17)25(34)32-23-20(10-16(14-29)11-22(23)36-3)26(35)31-18-7-4-15(13-28)5-8-18/h4-12,30H,13-14H2,1-3H3,(H,31,35)(H,32,34). The second-order valence-corrected chi connectivity index (χ2v) is 9.56. The molecule has 3 aromatic rings. The predicted octanol–water partition coefficient (Wildman–Crippen LogP) is 6.10. The van der Waals surface area contributed by atoms with Crippen molar-refractivity contribution in [3.63, 3.8) is 0 Å². The van der Waals surface area contributed by atoms with Crippen LogP contribution in [0.2, 0.25) is 0 Å². The Bertz CT molecular complexity index is 1300. The Labute approximate surface area is 236 Å². The number of nitrogens with zero attached hydrogens (tertiary/aromatic N) is 1. The van der Waals surface area contributed by atoms with Crippen LogP contribution in [-0.2, 0) is 8.86 Å². The van der Waals surface area contributed by atoms with Gasteiger partial charge in [0.2, 0.25) is 0 Å². The largest absolute Gasteiger partial charge is 0.495 e. The van der Waals surface area contributed by atoms with Gasteiger partial charge in [-0.1, -0.05) is 63.4 Å². The number of ether oxygens (including phenoxy) is 1. The van der Waals surface area contributed by atoms with Crippen molar-refractivity contribution in [3.8, 4) is 5.75 Å². The van der Waals surface area contributed by atoms with Crippen LogP contribution in [0.1, 0.15) is 37.4 Å². The van der Waals surface area contributed by atoms with Crippen LogP contribution in [0, 0.1) is 11.2 Å². The lowest BCUT2D eigenvalue weighted by atomic mass is 10.1. The summed E-state index contributed by atoms with van der Waals surface area (Å²) >= 11 is 4.44. The van der Waals surface area contributed by atoms with E-state index in [1.54, 1.807) is 26.2 Å². The number of rotatable bonds is 8. The molecule has 0 saturated carbocycles. The van der Waals surface area contributed by atoms with Gasteiger partial charge in [0.05, 0.1) is 23.9 Å². The molecule has 0 saturated heterocycles. The molecular formula is C26H25FI2N4O3. The van der Waals surface area contributed by atoms with Crippen molar-refractivity contribution < 1.29 is 18.7 Å². The van der Waals surface area contributed by atoms with E-state index in [2.05, 4.69) is 55.8 Å². The average Bonchev–Trinajstić information content (AvgIpc) is 2.88. The van der Waals surface area contributed by atoms with E-state index in [0.29, 0.717) is 15.7 Å². The molecule has 7 nitrogen and oxygen atoms in total. The molecule has 0 aromatic heterocycles. The molecule has 0 radical (unpaired) electrons. The second-order valence-electron chi connectivity index (χ2n) is 8.03. The molecule has 3 aromatic carbocycles. The van der Waals surface area contributed by atoms with Crippen molar-refractivity contribution in [1.82, 2.24) is 4.90 Å². The molecule has 0 fully saturated rings. The maximum Gasteiger partial charge on any atom is 0.258 e. The van der Waals surface area contributed by atoms with Crippen LogP contribution in [0.25, 0.3) is 0 Å². The van der Waals surface area contributed by atoms with Crippen LogP contribution < -0.4 is 15.4 Å². The molecule has 0 unspecified atom stereocenters. The van der Waals surface area contributed by atoms with E-state index < -0.39 is 17.6 Å². The minimum Gasteiger partial charge on any atom is -0.495 e. The number of halogens is 3. The normalized spacial score (nSPS) is 10.5. The number of nitrogens with one attached hydrogen (secondary N) is 3. The molecule has 0 heterocycles. The Morgan fingerprint density at radius 3 is 2.11 bits per heavy atom. The molecule has 0 aliphatic heterocycles. The Hall–Kier alpha value is -2.74. The van der Waals surface area contributed by atoms with E-state index in [1.807, 2.05) is 24.3 Å². The molecule has 3 N–H and O–H groups in total. The van der Waals surface area contributed by atoms with E-state index in [-0.39, 0.29) is 28.4 Å². The molecule has 0 atom stereocenters. The topological polar surface area (TPSA) is 94.5 Å². The van der Waals surface area contributed by atoms with Gasteiger partial charge in [0, 0.05) is 34.2 Å². The fraction of sp³-hybridized carbons (Fsp3) is 0.192. The Morgan fingerprint density at radius 1 is 0.917 bits per heavy atom. The molecule has 0 aliphatic rings. The van der Waals surface area contributed by atoms with Crippen LogP contribution in [0.3, 0.4) is 0 Å². The average molecular weight is 714 g/mol. The highest BCUT2D eigenvalue weighted by molar-refractivity contribution is 14.1. The van der Waals surface area contributed by atoms with Gasteiger partial charge < -0.3 is 20.3 Å². The van der Waals surface area contributed by atoms with Crippen LogP contribution in [-0.4, -0.2) is 43.8 Å². The number of alkyl halides is 2. The number of carbonyl (C=O) groups is 2. The number of amidine groups is 1. The number of hydrogen-bond acceptors (Lipinski definition) is 4. The van der Waals surface area contributed by atoms with Crippen LogP contribution in [0.15, 0.2) is 54.6 Å². The van der Waals surface area contributed by atoms with E-state index in [0.717, 1.165) is 21.6 Å². The highest BCUT2D eigenvalue weighted by Gasteiger charge is 2.22. The summed E-state index contributed by atoms with van der Waals surface area (Å²) in [6.45, 7) is 0. The van der Waals surface area contributed by atoms with Crippen molar-refractivity contribution >= 4 is 74.2 Å². The van der Waals surface area contributed by atoms with Crippen LogP contribution in [0.5, 0.6) is 5.75 Å². The van der Waals surface area contributed by atoms with E-state index in [4.69, 9.17) is 10.1 Å². The number of carbonyl (C=O) groups excluding carboxylic acids is 2. The van der Waals surface area contributed by atoms with Crippen molar-refractivity contribution in [2.45, 2.75) is 8.86 Å². The summed E-state index contributed by atoms with van der Waals surface area (Å²) in [5, 5.41) is 13.5. The third-order valence-corrected chi connectivity index (χ3v) is 7.08. The maximum atomic E-state index is 14.8. The Kier molecular flexibility index (Phi) is 9.65. The lowest BCUT2D eigenvalue weighted by molar-refractivity contribution is 0.102. The van der Waals surface area contributed by atoms with Crippen LogP contribution in [0.4, 0.5) is 15.8 Å². The van der Waals surface area contributed by atoms with Gasteiger partial charge in [-0.15, -0.1) is 0 Å². The van der Waals surface area contributed by atoms with E-state index in [9.17, 15) is 14.0 Å². The number of methoxy groups -OCH3 is 1. The van der Waals surface area contributed by atoms with Crippen LogP contribution >= 0.6 is 45.2 Å². The zero-order chi connectivity index (χ0) is 26.4. The third kappa shape index (κ3) is 6.52. The smallest absolute Gasteiger partial charge is 0.258 e. The molecule has 0 spiro atoms. The minimum absolute atomic E-state index is 0.113. The first-order valence-electron chi connectivity index (χ1n) is 10.8. The second kappa shape index (κ2) is 12.5. The summed E-state index contributed by atoms with van der Waals surface area (Å²) in [4.78, 5) is 27.9. The highest BCUT2D eigenvalue weighted by Crippen LogP contribution is 2.33. The molecular weight excluding hydrogens is 689 g/mol.